The number of nitrogens with two attached hydrogens (primary N) is 1. The predicted octanol–water partition coefficient (Wildman–Crippen LogP) is 0.158. The molecule has 2 amide bonds. The molecule has 0 aromatic heterocycles. The molecule has 1 unspecified atom stereocenters. The SMILES string of the molecule is CCN(CC)C(=O)CN1CCCN(C(=O)C(C)N)CC1.Cl. The van der Waals surface area contributed by atoms with Gasteiger partial charge < -0.3 is 15.5 Å². The molecule has 1 fully saturated rings. The smallest absolute Gasteiger partial charge is 0.239 e. The van der Waals surface area contributed by atoms with Crippen molar-refractivity contribution >= 4 is 24.2 Å². The van der Waals surface area contributed by atoms with Gasteiger partial charge in [-0.05, 0) is 27.2 Å². The van der Waals surface area contributed by atoms with E-state index in [4.69, 9.17) is 5.73 Å². The number of amides is 2. The standard InChI is InChI=1S/C14H28N4O2.ClH/c1-4-17(5-2)13(19)11-16-7-6-8-18(10-9-16)14(20)12(3)15;/h12H,4-11,15H2,1-3H3;1H. The van der Waals surface area contributed by atoms with Crippen molar-refractivity contribution in [3.8, 4) is 0 Å². The number of hydrogen-bond donors (Lipinski definition) is 1. The van der Waals surface area contributed by atoms with Gasteiger partial charge in [0.05, 0.1) is 12.6 Å². The van der Waals surface area contributed by atoms with Gasteiger partial charge >= 0.3 is 0 Å². The average Bonchev–Trinajstić information content (AvgIpc) is 2.64. The zero-order chi connectivity index (χ0) is 15.1. The topological polar surface area (TPSA) is 69.9 Å². The molecule has 0 radical (unpaired) electrons. The summed E-state index contributed by atoms with van der Waals surface area (Å²) >= 11 is 0. The average molecular weight is 321 g/mol. The van der Waals surface area contributed by atoms with Crippen LogP contribution in [0.3, 0.4) is 0 Å². The minimum absolute atomic E-state index is 0. The van der Waals surface area contributed by atoms with E-state index < -0.39 is 6.04 Å². The molecule has 124 valence electrons. The molecular weight excluding hydrogens is 292 g/mol. The molecular formula is C14H29ClN4O2. The minimum atomic E-state index is -0.446. The molecule has 21 heavy (non-hydrogen) atoms. The molecule has 0 aliphatic carbocycles. The minimum Gasteiger partial charge on any atom is -0.342 e. The Morgan fingerprint density at radius 3 is 2.29 bits per heavy atom. The van der Waals surface area contributed by atoms with Crippen molar-refractivity contribution in [2.24, 2.45) is 5.73 Å². The van der Waals surface area contributed by atoms with Crippen molar-refractivity contribution in [2.75, 3.05) is 45.8 Å². The van der Waals surface area contributed by atoms with E-state index in [1.54, 1.807) is 6.92 Å². The summed E-state index contributed by atoms with van der Waals surface area (Å²) in [5, 5.41) is 0. The Labute approximate surface area is 134 Å². The van der Waals surface area contributed by atoms with Crippen molar-refractivity contribution in [3.05, 3.63) is 0 Å². The van der Waals surface area contributed by atoms with Crippen LogP contribution in [0.1, 0.15) is 27.2 Å². The number of nitrogens with zero attached hydrogens (tertiary/aromatic N) is 3. The zero-order valence-electron chi connectivity index (χ0n) is 13.4. The van der Waals surface area contributed by atoms with Gasteiger partial charge in [0, 0.05) is 39.3 Å². The van der Waals surface area contributed by atoms with Crippen LogP contribution in [0.2, 0.25) is 0 Å². The van der Waals surface area contributed by atoms with Gasteiger partial charge in [-0.25, -0.2) is 0 Å². The molecule has 1 rings (SSSR count). The molecule has 1 heterocycles. The second-order valence-corrected chi connectivity index (χ2v) is 5.31. The van der Waals surface area contributed by atoms with Gasteiger partial charge in [-0.1, -0.05) is 0 Å². The maximum atomic E-state index is 12.1. The van der Waals surface area contributed by atoms with E-state index in [9.17, 15) is 9.59 Å². The van der Waals surface area contributed by atoms with Gasteiger partial charge in [0.25, 0.3) is 0 Å². The van der Waals surface area contributed by atoms with E-state index in [1.807, 2.05) is 23.6 Å². The van der Waals surface area contributed by atoms with Crippen LogP contribution in [0.4, 0.5) is 0 Å². The lowest BCUT2D eigenvalue weighted by molar-refractivity contribution is -0.132. The summed E-state index contributed by atoms with van der Waals surface area (Å²) in [7, 11) is 0. The fourth-order valence-electron chi connectivity index (χ4n) is 2.51. The van der Waals surface area contributed by atoms with Crippen molar-refractivity contribution in [3.63, 3.8) is 0 Å². The summed E-state index contributed by atoms with van der Waals surface area (Å²) in [5.41, 5.74) is 5.64. The highest BCUT2D eigenvalue weighted by Gasteiger charge is 2.23. The maximum Gasteiger partial charge on any atom is 0.239 e. The van der Waals surface area contributed by atoms with Gasteiger partial charge in [0.15, 0.2) is 0 Å². The van der Waals surface area contributed by atoms with Crippen LogP contribution in [0.25, 0.3) is 0 Å². The van der Waals surface area contributed by atoms with Crippen LogP contribution in [-0.2, 0) is 9.59 Å². The summed E-state index contributed by atoms with van der Waals surface area (Å²) in [6, 6.07) is -0.446. The van der Waals surface area contributed by atoms with E-state index in [-0.39, 0.29) is 24.2 Å². The van der Waals surface area contributed by atoms with Crippen LogP contribution in [0.15, 0.2) is 0 Å². The number of rotatable bonds is 5. The number of likely N-dealkylation sites (N-methyl/N-ethyl adjacent to an activating group) is 1. The van der Waals surface area contributed by atoms with E-state index in [0.717, 1.165) is 39.1 Å². The van der Waals surface area contributed by atoms with Crippen LogP contribution >= 0.6 is 12.4 Å². The summed E-state index contributed by atoms with van der Waals surface area (Å²) in [6.45, 7) is 10.6. The normalized spacial score (nSPS) is 17.6. The third-order valence-electron chi connectivity index (χ3n) is 3.76. The number of carbonyl (C=O) groups excluding carboxylic acids is 2. The lowest BCUT2D eigenvalue weighted by Gasteiger charge is -2.25. The summed E-state index contributed by atoms with van der Waals surface area (Å²) in [4.78, 5) is 29.8. The highest BCUT2D eigenvalue weighted by molar-refractivity contribution is 5.85. The van der Waals surface area contributed by atoms with Gasteiger partial charge in [-0.15, -0.1) is 12.4 Å². The highest BCUT2D eigenvalue weighted by atomic mass is 35.5. The Bertz CT molecular complexity index is 335. The third kappa shape index (κ3) is 6.20. The van der Waals surface area contributed by atoms with Gasteiger partial charge in [-0.3, -0.25) is 14.5 Å². The Balaban J connectivity index is 0.00000400. The van der Waals surface area contributed by atoms with Crippen LogP contribution in [-0.4, -0.2) is 78.4 Å². The molecule has 0 bridgehead atoms. The first kappa shape index (κ1) is 20.1. The Kier molecular flexibility index (Phi) is 9.57. The molecule has 0 aromatic rings. The zero-order valence-corrected chi connectivity index (χ0v) is 14.2. The quantitative estimate of drug-likeness (QED) is 0.783. The predicted molar refractivity (Wildman–Crippen MR) is 86.5 cm³/mol. The summed E-state index contributed by atoms with van der Waals surface area (Å²) in [5.74, 6) is 0.170. The van der Waals surface area contributed by atoms with Crippen molar-refractivity contribution in [1.29, 1.82) is 0 Å². The van der Waals surface area contributed by atoms with Crippen molar-refractivity contribution < 1.29 is 9.59 Å². The number of carbonyl (C=O) groups is 2. The highest BCUT2D eigenvalue weighted by Crippen LogP contribution is 2.05. The number of halogens is 1. The molecule has 0 aromatic carbocycles. The first-order valence-electron chi connectivity index (χ1n) is 7.54. The molecule has 1 atom stereocenters. The molecule has 0 spiro atoms. The second kappa shape index (κ2) is 9.97. The summed E-state index contributed by atoms with van der Waals surface area (Å²) in [6.07, 6.45) is 0.893. The third-order valence-corrected chi connectivity index (χ3v) is 3.76. The first-order valence-corrected chi connectivity index (χ1v) is 7.54. The van der Waals surface area contributed by atoms with Crippen LogP contribution in [0, 0.1) is 0 Å². The van der Waals surface area contributed by atoms with Gasteiger partial charge in [-0.2, -0.15) is 0 Å². The summed E-state index contributed by atoms with van der Waals surface area (Å²) < 4.78 is 0. The van der Waals surface area contributed by atoms with Crippen LogP contribution < -0.4 is 5.73 Å². The molecule has 1 saturated heterocycles. The molecule has 6 nitrogen and oxygen atoms in total. The number of hydrogen-bond acceptors (Lipinski definition) is 4. The molecule has 0 saturated carbocycles. The molecule has 2 N–H and O–H groups in total. The lowest BCUT2D eigenvalue weighted by Crippen LogP contribution is -2.44. The molecule has 1 aliphatic heterocycles. The largest absolute Gasteiger partial charge is 0.342 e. The monoisotopic (exact) mass is 320 g/mol. The lowest BCUT2D eigenvalue weighted by atomic mass is 10.3. The van der Waals surface area contributed by atoms with Crippen LogP contribution in [0.5, 0.6) is 0 Å². The van der Waals surface area contributed by atoms with Crippen molar-refractivity contribution in [1.82, 2.24) is 14.7 Å². The van der Waals surface area contributed by atoms with E-state index >= 15 is 0 Å². The molecule has 1 aliphatic rings. The van der Waals surface area contributed by atoms with E-state index in [0.29, 0.717) is 13.1 Å². The Hall–Kier alpha value is -0.850. The van der Waals surface area contributed by atoms with Gasteiger partial charge in [0.2, 0.25) is 11.8 Å². The van der Waals surface area contributed by atoms with E-state index in [2.05, 4.69) is 4.90 Å². The van der Waals surface area contributed by atoms with Crippen molar-refractivity contribution in [2.45, 2.75) is 33.2 Å². The van der Waals surface area contributed by atoms with E-state index in [1.165, 1.54) is 0 Å². The van der Waals surface area contributed by atoms with Gasteiger partial charge in [0.1, 0.15) is 0 Å². The Morgan fingerprint density at radius 1 is 1.14 bits per heavy atom. The Morgan fingerprint density at radius 2 is 1.76 bits per heavy atom. The molecule has 7 heteroatoms. The first-order chi connectivity index (χ1) is 9.49. The maximum absolute atomic E-state index is 12.1. The fourth-order valence-corrected chi connectivity index (χ4v) is 2.51. The fraction of sp³-hybridized carbons (Fsp3) is 0.857. The second-order valence-electron chi connectivity index (χ2n) is 5.31.